The van der Waals surface area contributed by atoms with Crippen LogP contribution in [0.2, 0.25) is 0 Å². The van der Waals surface area contributed by atoms with Gasteiger partial charge in [0.05, 0.1) is 11.4 Å². The summed E-state index contributed by atoms with van der Waals surface area (Å²) < 4.78 is 16.0. The molecular formula is C15H27FN2. The zero-order valence-electron chi connectivity index (χ0n) is 12.5. The summed E-state index contributed by atoms with van der Waals surface area (Å²) in [6.07, 6.45) is 6.67. The van der Waals surface area contributed by atoms with Gasteiger partial charge in [-0.15, -0.1) is 0 Å². The van der Waals surface area contributed by atoms with E-state index >= 15 is 0 Å². The number of aromatic nitrogens is 2. The first-order valence-electron chi connectivity index (χ1n) is 7.15. The number of hydrogen-bond donors (Lipinski definition) is 0. The van der Waals surface area contributed by atoms with Crippen molar-refractivity contribution >= 4 is 0 Å². The van der Waals surface area contributed by atoms with Gasteiger partial charge in [0.1, 0.15) is 0 Å². The van der Waals surface area contributed by atoms with Crippen molar-refractivity contribution < 1.29 is 4.39 Å². The molecule has 0 saturated carbocycles. The average Bonchev–Trinajstić information content (AvgIpc) is 2.59. The fourth-order valence-corrected chi connectivity index (χ4v) is 2.78. The van der Waals surface area contributed by atoms with Crippen LogP contribution in [0.25, 0.3) is 0 Å². The summed E-state index contributed by atoms with van der Waals surface area (Å²) in [6, 6.07) is 0. The zero-order valence-corrected chi connectivity index (χ0v) is 12.5. The monoisotopic (exact) mass is 254 g/mol. The summed E-state index contributed by atoms with van der Waals surface area (Å²) >= 11 is 0. The minimum absolute atomic E-state index is 0.0773. The van der Waals surface area contributed by atoms with E-state index in [1.807, 2.05) is 7.05 Å². The van der Waals surface area contributed by atoms with Gasteiger partial charge in [-0.2, -0.15) is 5.10 Å². The van der Waals surface area contributed by atoms with Crippen LogP contribution in [0.1, 0.15) is 70.7 Å². The van der Waals surface area contributed by atoms with Crippen LogP contribution in [0, 0.1) is 12.7 Å². The molecule has 0 bridgehead atoms. The Morgan fingerprint density at radius 1 is 1.17 bits per heavy atom. The molecule has 1 aromatic rings. The Kier molecular flexibility index (Phi) is 5.36. The number of nitrogens with zero attached hydrogens (tertiary/aromatic N) is 2. The highest BCUT2D eigenvalue weighted by Crippen LogP contribution is 2.36. The van der Waals surface area contributed by atoms with Gasteiger partial charge in [-0.1, -0.05) is 46.5 Å². The molecule has 2 nitrogen and oxygen atoms in total. The third kappa shape index (κ3) is 3.12. The standard InChI is InChI=1S/C15H27FN2/c1-6-8-10-15(4,11-9-7-2)14-13(16)12(3)17-18(14)5/h6-11H2,1-5H3. The van der Waals surface area contributed by atoms with Crippen LogP contribution < -0.4 is 0 Å². The Bertz CT molecular complexity index is 374. The molecule has 1 heterocycles. The van der Waals surface area contributed by atoms with Crippen molar-refractivity contribution in [1.82, 2.24) is 9.78 Å². The summed E-state index contributed by atoms with van der Waals surface area (Å²) in [5.74, 6) is -0.104. The summed E-state index contributed by atoms with van der Waals surface area (Å²) in [5, 5.41) is 4.23. The molecule has 0 aliphatic carbocycles. The van der Waals surface area contributed by atoms with Gasteiger partial charge in [-0.3, -0.25) is 4.68 Å². The largest absolute Gasteiger partial charge is 0.269 e. The third-order valence-electron chi connectivity index (χ3n) is 3.89. The topological polar surface area (TPSA) is 17.8 Å². The second-order valence-corrected chi connectivity index (χ2v) is 5.64. The molecule has 0 radical (unpaired) electrons. The predicted molar refractivity (Wildman–Crippen MR) is 74.3 cm³/mol. The molecule has 1 aromatic heterocycles. The van der Waals surface area contributed by atoms with E-state index in [9.17, 15) is 4.39 Å². The summed E-state index contributed by atoms with van der Waals surface area (Å²) in [5.41, 5.74) is 1.24. The van der Waals surface area contributed by atoms with Gasteiger partial charge in [-0.25, -0.2) is 4.39 Å². The first kappa shape index (κ1) is 15.2. The van der Waals surface area contributed by atoms with Gasteiger partial charge in [-0.05, 0) is 19.8 Å². The predicted octanol–water partition coefficient (Wildman–Crippen LogP) is 4.51. The summed E-state index contributed by atoms with van der Waals surface area (Å²) in [7, 11) is 1.86. The highest BCUT2D eigenvalue weighted by atomic mass is 19.1. The third-order valence-corrected chi connectivity index (χ3v) is 3.89. The van der Waals surface area contributed by atoms with Crippen molar-refractivity contribution in [2.45, 2.75) is 71.6 Å². The maximum atomic E-state index is 14.3. The Morgan fingerprint density at radius 2 is 1.67 bits per heavy atom. The number of unbranched alkanes of at least 4 members (excludes halogenated alkanes) is 2. The maximum Gasteiger partial charge on any atom is 0.167 e. The quantitative estimate of drug-likeness (QED) is 0.700. The lowest BCUT2D eigenvalue weighted by Gasteiger charge is -2.30. The van der Waals surface area contributed by atoms with Gasteiger partial charge in [0.25, 0.3) is 0 Å². The number of hydrogen-bond acceptors (Lipinski definition) is 1. The van der Waals surface area contributed by atoms with Gasteiger partial charge in [0, 0.05) is 12.5 Å². The van der Waals surface area contributed by atoms with Crippen LogP contribution in [-0.4, -0.2) is 9.78 Å². The fourth-order valence-electron chi connectivity index (χ4n) is 2.78. The van der Waals surface area contributed by atoms with Crippen molar-refractivity contribution in [3.05, 3.63) is 17.2 Å². The molecule has 3 heteroatoms. The molecule has 0 spiro atoms. The minimum Gasteiger partial charge on any atom is -0.269 e. The Balaban J connectivity index is 3.07. The fraction of sp³-hybridized carbons (Fsp3) is 0.800. The van der Waals surface area contributed by atoms with Gasteiger partial charge in [0.2, 0.25) is 0 Å². The van der Waals surface area contributed by atoms with Crippen LogP contribution in [0.4, 0.5) is 4.39 Å². The van der Waals surface area contributed by atoms with Crippen LogP contribution in [0.3, 0.4) is 0 Å². The van der Waals surface area contributed by atoms with Crippen LogP contribution in [0.5, 0.6) is 0 Å². The smallest absolute Gasteiger partial charge is 0.167 e. The van der Waals surface area contributed by atoms with Crippen LogP contribution >= 0.6 is 0 Å². The van der Waals surface area contributed by atoms with Gasteiger partial charge >= 0.3 is 0 Å². The number of halogens is 1. The van der Waals surface area contributed by atoms with Crippen molar-refractivity contribution in [2.24, 2.45) is 7.05 Å². The lowest BCUT2D eigenvalue weighted by Crippen LogP contribution is -2.26. The Morgan fingerprint density at radius 3 is 2.00 bits per heavy atom. The highest BCUT2D eigenvalue weighted by molar-refractivity contribution is 5.21. The first-order valence-corrected chi connectivity index (χ1v) is 7.15. The molecule has 0 aliphatic rings. The molecule has 1 rings (SSSR count). The molecule has 18 heavy (non-hydrogen) atoms. The summed E-state index contributed by atoms with van der Waals surface area (Å²) in [6.45, 7) is 8.31. The molecular weight excluding hydrogens is 227 g/mol. The first-order chi connectivity index (χ1) is 8.46. The van der Waals surface area contributed by atoms with E-state index in [1.54, 1.807) is 11.6 Å². The van der Waals surface area contributed by atoms with Crippen molar-refractivity contribution in [2.75, 3.05) is 0 Å². The average molecular weight is 254 g/mol. The van der Waals surface area contributed by atoms with E-state index in [0.29, 0.717) is 5.69 Å². The lowest BCUT2D eigenvalue weighted by molar-refractivity contribution is 0.337. The normalized spacial score (nSPS) is 12.1. The highest BCUT2D eigenvalue weighted by Gasteiger charge is 2.32. The Hall–Kier alpha value is -0.860. The summed E-state index contributed by atoms with van der Waals surface area (Å²) in [4.78, 5) is 0. The molecule has 0 N–H and O–H groups in total. The molecule has 0 atom stereocenters. The SMILES string of the molecule is CCCCC(C)(CCCC)c1c(F)c(C)nn1C. The lowest BCUT2D eigenvalue weighted by atomic mass is 9.77. The van der Waals surface area contributed by atoms with Crippen molar-refractivity contribution in [1.29, 1.82) is 0 Å². The second kappa shape index (κ2) is 6.35. The Labute approximate surface area is 111 Å². The number of aryl methyl sites for hydroxylation is 2. The minimum atomic E-state index is -0.104. The molecule has 0 amide bonds. The molecule has 0 aromatic carbocycles. The van der Waals surface area contributed by atoms with Gasteiger partial charge in [0.15, 0.2) is 5.82 Å². The van der Waals surface area contributed by atoms with E-state index in [2.05, 4.69) is 25.9 Å². The van der Waals surface area contributed by atoms with Crippen LogP contribution in [0.15, 0.2) is 0 Å². The van der Waals surface area contributed by atoms with Crippen molar-refractivity contribution in [3.63, 3.8) is 0 Å². The zero-order chi connectivity index (χ0) is 13.8. The second-order valence-electron chi connectivity index (χ2n) is 5.64. The van der Waals surface area contributed by atoms with E-state index in [-0.39, 0.29) is 11.2 Å². The van der Waals surface area contributed by atoms with E-state index < -0.39 is 0 Å². The van der Waals surface area contributed by atoms with E-state index in [0.717, 1.165) is 44.2 Å². The van der Waals surface area contributed by atoms with E-state index in [4.69, 9.17) is 0 Å². The van der Waals surface area contributed by atoms with Gasteiger partial charge < -0.3 is 0 Å². The molecule has 0 unspecified atom stereocenters. The number of rotatable bonds is 7. The van der Waals surface area contributed by atoms with Crippen LogP contribution in [-0.2, 0) is 12.5 Å². The molecule has 104 valence electrons. The molecule has 0 aliphatic heterocycles. The van der Waals surface area contributed by atoms with E-state index in [1.165, 1.54) is 0 Å². The van der Waals surface area contributed by atoms with Crippen molar-refractivity contribution in [3.8, 4) is 0 Å². The maximum absolute atomic E-state index is 14.3. The molecule has 0 fully saturated rings. The molecule has 0 saturated heterocycles.